The normalized spacial score (nSPS) is 10.4. The van der Waals surface area contributed by atoms with Crippen molar-refractivity contribution in [1.82, 2.24) is 10.3 Å². The summed E-state index contributed by atoms with van der Waals surface area (Å²) < 4.78 is 10.7. The summed E-state index contributed by atoms with van der Waals surface area (Å²) in [6.45, 7) is 5.91. The Morgan fingerprint density at radius 2 is 1.84 bits per heavy atom. The third-order valence-electron chi connectivity index (χ3n) is 3.43. The Labute approximate surface area is 148 Å². The van der Waals surface area contributed by atoms with Crippen LogP contribution in [0.3, 0.4) is 0 Å². The van der Waals surface area contributed by atoms with E-state index in [9.17, 15) is 4.79 Å². The summed E-state index contributed by atoms with van der Waals surface area (Å²) in [7, 11) is 1.62. The van der Waals surface area contributed by atoms with Gasteiger partial charge in [0.1, 0.15) is 23.9 Å². The number of benzene rings is 1. The van der Waals surface area contributed by atoms with E-state index in [4.69, 9.17) is 9.47 Å². The average Bonchev–Trinajstić information content (AvgIpc) is 2.64. The van der Waals surface area contributed by atoms with Crippen molar-refractivity contribution in [3.05, 3.63) is 48.2 Å². The van der Waals surface area contributed by atoms with E-state index in [1.54, 1.807) is 19.4 Å². The molecular weight excluding hydrogens is 318 g/mol. The summed E-state index contributed by atoms with van der Waals surface area (Å²) >= 11 is 0. The fourth-order valence-corrected chi connectivity index (χ4v) is 2.05. The number of amides is 1. The van der Waals surface area contributed by atoms with Crippen LogP contribution < -0.4 is 20.1 Å². The lowest BCUT2D eigenvalue weighted by atomic mass is 10.2. The van der Waals surface area contributed by atoms with Crippen molar-refractivity contribution in [1.29, 1.82) is 0 Å². The Morgan fingerprint density at radius 1 is 1.12 bits per heavy atom. The Morgan fingerprint density at radius 3 is 2.44 bits per heavy atom. The van der Waals surface area contributed by atoms with Gasteiger partial charge in [-0.1, -0.05) is 13.8 Å². The number of pyridine rings is 1. The van der Waals surface area contributed by atoms with E-state index in [-0.39, 0.29) is 5.91 Å². The maximum absolute atomic E-state index is 12.1. The number of methoxy groups -OCH3 is 1. The van der Waals surface area contributed by atoms with Crippen LogP contribution in [-0.4, -0.2) is 37.7 Å². The van der Waals surface area contributed by atoms with E-state index >= 15 is 0 Å². The molecule has 1 aromatic carbocycles. The van der Waals surface area contributed by atoms with Crippen molar-refractivity contribution in [3.8, 4) is 11.5 Å². The third-order valence-corrected chi connectivity index (χ3v) is 3.43. The lowest BCUT2D eigenvalue weighted by Gasteiger charge is -2.10. The fraction of sp³-hybridized carbons (Fsp3) is 0.368. The molecule has 0 spiro atoms. The molecule has 0 atom stereocenters. The number of nitrogens with zero attached hydrogens (tertiary/aromatic N) is 1. The molecule has 0 aliphatic rings. The summed E-state index contributed by atoms with van der Waals surface area (Å²) in [5.41, 5.74) is 0.527. The zero-order valence-electron chi connectivity index (χ0n) is 14.9. The molecule has 25 heavy (non-hydrogen) atoms. The molecule has 1 heterocycles. The fourth-order valence-electron chi connectivity index (χ4n) is 2.05. The molecule has 6 nitrogen and oxygen atoms in total. The van der Waals surface area contributed by atoms with Crippen LogP contribution in [0.2, 0.25) is 0 Å². The predicted octanol–water partition coefficient (Wildman–Crippen LogP) is 2.97. The number of carbonyl (C=O) groups is 1. The number of carbonyl (C=O) groups excluding carboxylic acids is 1. The van der Waals surface area contributed by atoms with Gasteiger partial charge in [0.15, 0.2) is 0 Å². The van der Waals surface area contributed by atoms with Crippen LogP contribution in [0.5, 0.6) is 11.5 Å². The molecule has 0 saturated carbocycles. The van der Waals surface area contributed by atoms with E-state index in [0.29, 0.717) is 24.6 Å². The Hall–Kier alpha value is -2.76. The van der Waals surface area contributed by atoms with Crippen molar-refractivity contribution < 1.29 is 14.3 Å². The molecule has 2 aromatic rings. The minimum atomic E-state index is -0.166. The number of nitrogens with one attached hydrogen (secondary N) is 2. The molecule has 1 aromatic heterocycles. The minimum Gasteiger partial charge on any atom is -0.497 e. The molecule has 0 aliphatic heterocycles. The second-order valence-electron chi connectivity index (χ2n) is 5.99. The molecule has 134 valence electrons. The first-order valence-electron chi connectivity index (χ1n) is 8.33. The lowest BCUT2D eigenvalue weighted by Crippen LogP contribution is -2.28. The van der Waals surface area contributed by atoms with Crippen molar-refractivity contribution in [2.75, 3.05) is 32.1 Å². The van der Waals surface area contributed by atoms with Gasteiger partial charge < -0.3 is 20.1 Å². The average molecular weight is 343 g/mol. The molecule has 0 fully saturated rings. The summed E-state index contributed by atoms with van der Waals surface area (Å²) in [4.78, 5) is 16.3. The Bertz CT molecular complexity index is 655. The first-order chi connectivity index (χ1) is 12.1. The van der Waals surface area contributed by atoms with Gasteiger partial charge in [-0.3, -0.25) is 4.79 Å². The van der Waals surface area contributed by atoms with E-state index in [2.05, 4.69) is 29.5 Å². The lowest BCUT2D eigenvalue weighted by molar-refractivity contribution is 0.0946. The largest absolute Gasteiger partial charge is 0.497 e. The van der Waals surface area contributed by atoms with E-state index in [1.807, 2.05) is 30.3 Å². The van der Waals surface area contributed by atoms with Crippen LogP contribution in [0.1, 0.15) is 24.2 Å². The molecular formula is C19H25N3O3. The number of hydrogen-bond acceptors (Lipinski definition) is 5. The molecule has 0 aliphatic carbocycles. The first kappa shape index (κ1) is 18.6. The van der Waals surface area contributed by atoms with Crippen molar-refractivity contribution in [2.45, 2.75) is 13.8 Å². The van der Waals surface area contributed by atoms with Gasteiger partial charge in [-0.05, 0) is 42.3 Å². The molecule has 0 saturated heterocycles. The second kappa shape index (κ2) is 9.52. The van der Waals surface area contributed by atoms with Crippen LogP contribution in [0.25, 0.3) is 0 Å². The van der Waals surface area contributed by atoms with Crippen molar-refractivity contribution in [2.24, 2.45) is 5.92 Å². The maximum Gasteiger partial charge on any atom is 0.252 e. The highest BCUT2D eigenvalue weighted by atomic mass is 16.5. The van der Waals surface area contributed by atoms with Gasteiger partial charge in [0, 0.05) is 12.7 Å². The van der Waals surface area contributed by atoms with Gasteiger partial charge in [-0.25, -0.2) is 4.98 Å². The monoisotopic (exact) mass is 343 g/mol. The minimum absolute atomic E-state index is 0.166. The van der Waals surface area contributed by atoms with Gasteiger partial charge >= 0.3 is 0 Å². The van der Waals surface area contributed by atoms with Crippen LogP contribution in [0.15, 0.2) is 42.6 Å². The van der Waals surface area contributed by atoms with E-state index < -0.39 is 0 Å². The van der Waals surface area contributed by atoms with Crippen molar-refractivity contribution >= 4 is 11.7 Å². The van der Waals surface area contributed by atoms with Gasteiger partial charge in [0.05, 0.1) is 19.2 Å². The zero-order chi connectivity index (χ0) is 18.1. The Balaban J connectivity index is 1.72. The highest BCUT2D eigenvalue weighted by Crippen LogP contribution is 2.16. The van der Waals surface area contributed by atoms with Crippen molar-refractivity contribution in [3.63, 3.8) is 0 Å². The topological polar surface area (TPSA) is 72.5 Å². The summed E-state index contributed by atoms with van der Waals surface area (Å²) in [6.07, 6.45) is 1.57. The number of rotatable bonds is 9. The molecule has 0 radical (unpaired) electrons. The van der Waals surface area contributed by atoms with Crippen LogP contribution >= 0.6 is 0 Å². The number of anilines is 1. The van der Waals surface area contributed by atoms with Gasteiger partial charge in [-0.2, -0.15) is 0 Å². The van der Waals surface area contributed by atoms with Crippen LogP contribution in [0, 0.1) is 5.92 Å². The standard InChI is InChI=1S/C19H25N3O3/c1-14(2)12-21-18-9-4-15(13-22-18)19(23)20-10-11-25-17-7-5-16(24-3)6-8-17/h4-9,13-14H,10-12H2,1-3H3,(H,20,23)(H,21,22). The highest BCUT2D eigenvalue weighted by Gasteiger charge is 2.06. The van der Waals surface area contributed by atoms with E-state index in [1.165, 1.54) is 0 Å². The van der Waals surface area contributed by atoms with Gasteiger partial charge in [-0.15, -0.1) is 0 Å². The molecule has 2 rings (SSSR count). The SMILES string of the molecule is COc1ccc(OCCNC(=O)c2ccc(NCC(C)C)nc2)cc1. The van der Waals surface area contributed by atoms with Crippen LogP contribution in [-0.2, 0) is 0 Å². The second-order valence-corrected chi connectivity index (χ2v) is 5.99. The summed E-state index contributed by atoms with van der Waals surface area (Å²) in [5.74, 6) is 2.65. The number of aromatic nitrogens is 1. The third kappa shape index (κ3) is 6.33. The zero-order valence-corrected chi connectivity index (χ0v) is 14.9. The molecule has 0 unspecified atom stereocenters. The quantitative estimate of drug-likeness (QED) is 0.685. The molecule has 6 heteroatoms. The summed E-state index contributed by atoms with van der Waals surface area (Å²) in [5, 5.41) is 6.03. The van der Waals surface area contributed by atoms with Crippen LogP contribution in [0.4, 0.5) is 5.82 Å². The number of ether oxygens (including phenoxy) is 2. The first-order valence-corrected chi connectivity index (χ1v) is 8.33. The molecule has 0 bridgehead atoms. The van der Waals surface area contributed by atoms with Gasteiger partial charge in [0.25, 0.3) is 5.91 Å². The molecule has 1 amide bonds. The van der Waals surface area contributed by atoms with Gasteiger partial charge in [0.2, 0.25) is 0 Å². The van der Waals surface area contributed by atoms with E-state index in [0.717, 1.165) is 23.9 Å². The predicted molar refractivity (Wildman–Crippen MR) is 98.4 cm³/mol. The highest BCUT2D eigenvalue weighted by molar-refractivity contribution is 5.94. The smallest absolute Gasteiger partial charge is 0.252 e. The molecule has 2 N–H and O–H groups in total. The number of hydrogen-bond donors (Lipinski definition) is 2. The summed E-state index contributed by atoms with van der Waals surface area (Å²) in [6, 6.07) is 10.9. The maximum atomic E-state index is 12.1. The Kier molecular flexibility index (Phi) is 7.07.